The van der Waals surface area contributed by atoms with E-state index in [1.807, 2.05) is 0 Å². The van der Waals surface area contributed by atoms with Gasteiger partial charge in [-0.2, -0.15) is 0 Å². The molecule has 6 rings (SSSR count). The Balaban J connectivity index is 1.29. The van der Waals surface area contributed by atoms with Crippen LogP contribution in [-0.2, 0) is 9.47 Å². The fourth-order valence-corrected chi connectivity index (χ4v) is 9.72. The monoisotopic (exact) mass is 430 g/mol. The molecule has 4 aliphatic carbocycles. The van der Waals surface area contributed by atoms with Gasteiger partial charge in [-0.05, 0) is 73.5 Å². The van der Waals surface area contributed by atoms with Crippen molar-refractivity contribution >= 4 is 0 Å². The SMILES string of the molecule is CC1CCC2(OC1)O[C@H]1CC3C4CC=C5C[C@@H](O)C[C@@H](O)[C@]5(C)C4CC[C@]3(C)C1C2C. The lowest BCUT2D eigenvalue weighted by molar-refractivity contribution is -0.272. The Bertz CT molecular complexity index is 769. The number of hydrogen-bond acceptors (Lipinski definition) is 4. The molecule has 2 aliphatic heterocycles. The van der Waals surface area contributed by atoms with Crippen LogP contribution >= 0.6 is 0 Å². The molecule has 0 radical (unpaired) electrons. The minimum Gasteiger partial charge on any atom is -0.393 e. The number of hydrogen-bond donors (Lipinski definition) is 2. The first-order valence-corrected chi connectivity index (χ1v) is 13.1. The van der Waals surface area contributed by atoms with Crippen molar-refractivity contribution in [3.8, 4) is 0 Å². The van der Waals surface area contributed by atoms with Crippen LogP contribution in [0.4, 0.5) is 0 Å². The fraction of sp³-hybridized carbons (Fsp3) is 0.926. The lowest BCUT2D eigenvalue weighted by Gasteiger charge is -2.59. The lowest BCUT2D eigenvalue weighted by Crippen LogP contribution is -2.56. The maximum atomic E-state index is 11.1. The van der Waals surface area contributed by atoms with Crippen LogP contribution in [0.25, 0.3) is 0 Å². The largest absolute Gasteiger partial charge is 0.393 e. The summed E-state index contributed by atoms with van der Waals surface area (Å²) in [7, 11) is 0. The van der Waals surface area contributed by atoms with Gasteiger partial charge in [-0.1, -0.05) is 39.3 Å². The molecule has 0 bridgehead atoms. The second-order valence-corrected chi connectivity index (χ2v) is 12.8. The van der Waals surface area contributed by atoms with Crippen LogP contribution in [0.5, 0.6) is 0 Å². The van der Waals surface area contributed by atoms with Gasteiger partial charge < -0.3 is 19.7 Å². The van der Waals surface area contributed by atoms with Crippen molar-refractivity contribution in [2.75, 3.05) is 6.61 Å². The molecule has 6 aliphatic rings. The summed E-state index contributed by atoms with van der Waals surface area (Å²) in [4.78, 5) is 0. The van der Waals surface area contributed by atoms with Crippen LogP contribution < -0.4 is 0 Å². The van der Waals surface area contributed by atoms with Crippen molar-refractivity contribution in [3.63, 3.8) is 0 Å². The quantitative estimate of drug-likeness (QED) is 0.548. The zero-order valence-corrected chi connectivity index (χ0v) is 19.8. The third-order valence-corrected chi connectivity index (χ3v) is 11.4. The predicted molar refractivity (Wildman–Crippen MR) is 119 cm³/mol. The average molecular weight is 431 g/mol. The van der Waals surface area contributed by atoms with Crippen LogP contribution in [0, 0.1) is 46.3 Å². The van der Waals surface area contributed by atoms with Gasteiger partial charge in [0.25, 0.3) is 0 Å². The summed E-state index contributed by atoms with van der Waals surface area (Å²) >= 11 is 0. The third-order valence-electron chi connectivity index (χ3n) is 11.4. The van der Waals surface area contributed by atoms with Gasteiger partial charge in [-0.3, -0.25) is 0 Å². The van der Waals surface area contributed by atoms with Crippen molar-refractivity contribution in [2.24, 2.45) is 46.3 Å². The molecular formula is C27H42O4. The zero-order valence-electron chi connectivity index (χ0n) is 19.8. The number of allylic oxidation sites excluding steroid dienone is 1. The van der Waals surface area contributed by atoms with E-state index >= 15 is 0 Å². The van der Waals surface area contributed by atoms with Crippen LogP contribution in [0.2, 0.25) is 0 Å². The van der Waals surface area contributed by atoms with Gasteiger partial charge in [0.1, 0.15) is 0 Å². The van der Waals surface area contributed by atoms with Crippen molar-refractivity contribution < 1.29 is 19.7 Å². The van der Waals surface area contributed by atoms with Crippen molar-refractivity contribution in [2.45, 2.75) is 103 Å². The molecule has 2 N–H and O–H groups in total. The highest BCUT2D eigenvalue weighted by Crippen LogP contribution is 2.70. The Hall–Kier alpha value is -0.420. The first kappa shape index (κ1) is 21.1. The summed E-state index contributed by atoms with van der Waals surface area (Å²) < 4.78 is 13.3. The molecule has 0 aromatic carbocycles. The Morgan fingerprint density at radius 2 is 1.84 bits per heavy atom. The molecule has 4 nitrogen and oxygen atoms in total. The Morgan fingerprint density at radius 3 is 2.58 bits per heavy atom. The third kappa shape index (κ3) is 2.68. The molecule has 2 saturated heterocycles. The van der Waals surface area contributed by atoms with Crippen LogP contribution in [0.15, 0.2) is 11.6 Å². The molecule has 0 aromatic rings. The molecule has 1 spiro atoms. The van der Waals surface area contributed by atoms with E-state index in [4.69, 9.17) is 9.47 Å². The average Bonchev–Trinajstić information content (AvgIpc) is 3.16. The van der Waals surface area contributed by atoms with Gasteiger partial charge in [0.05, 0.1) is 24.9 Å². The molecule has 4 heteroatoms. The highest BCUT2D eigenvalue weighted by Gasteiger charge is 2.69. The number of rotatable bonds is 0. The van der Waals surface area contributed by atoms with Gasteiger partial charge in [0.2, 0.25) is 0 Å². The maximum Gasteiger partial charge on any atom is 0.171 e. The number of fused-ring (bicyclic) bond motifs is 7. The Kier molecular flexibility index (Phi) is 4.64. The van der Waals surface area contributed by atoms with E-state index in [0.717, 1.165) is 32.3 Å². The molecule has 5 fully saturated rings. The van der Waals surface area contributed by atoms with E-state index in [1.165, 1.54) is 24.8 Å². The Morgan fingerprint density at radius 1 is 1.03 bits per heavy atom. The van der Waals surface area contributed by atoms with E-state index in [2.05, 4.69) is 33.8 Å². The summed E-state index contributed by atoms with van der Waals surface area (Å²) in [5, 5.41) is 21.4. The molecule has 31 heavy (non-hydrogen) atoms. The standard InChI is InChI=1S/C27H42O4/c1-15-7-10-27(30-14-15)16(2)24-22(31-27)13-21-19-6-5-17-11-18(28)12-23(29)26(17,4)20(19)8-9-25(21,24)3/h5,15-16,18-24,28-29H,6-14H2,1-4H3/t15?,16?,18-,19?,20?,21?,22+,23-,24?,25+,26+,27?/m1/s1. The molecule has 174 valence electrons. The van der Waals surface area contributed by atoms with Crippen LogP contribution in [0.1, 0.15) is 79.1 Å². The maximum absolute atomic E-state index is 11.1. The van der Waals surface area contributed by atoms with Crippen molar-refractivity contribution in [1.29, 1.82) is 0 Å². The van der Waals surface area contributed by atoms with Gasteiger partial charge in [0, 0.05) is 24.2 Å². The van der Waals surface area contributed by atoms with Crippen molar-refractivity contribution in [1.82, 2.24) is 0 Å². The fourth-order valence-electron chi connectivity index (χ4n) is 9.72. The van der Waals surface area contributed by atoms with Gasteiger partial charge >= 0.3 is 0 Å². The van der Waals surface area contributed by atoms with Crippen molar-refractivity contribution in [3.05, 3.63) is 11.6 Å². The molecule has 7 unspecified atom stereocenters. The number of ether oxygens (including phenoxy) is 2. The summed E-state index contributed by atoms with van der Waals surface area (Å²) in [6, 6.07) is 0. The minimum atomic E-state index is -0.420. The Labute approximate surface area is 187 Å². The minimum absolute atomic E-state index is 0.155. The van der Waals surface area contributed by atoms with Gasteiger partial charge in [0.15, 0.2) is 5.79 Å². The first-order chi connectivity index (χ1) is 14.7. The summed E-state index contributed by atoms with van der Waals surface area (Å²) in [5.41, 5.74) is 1.48. The van der Waals surface area contributed by atoms with Gasteiger partial charge in [-0.15, -0.1) is 0 Å². The second kappa shape index (κ2) is 6.81. The first-order valence-electron chi connectivity index (χ1n) is 13.1. The van der Waals surface area contributed by atoms with E-state index in [1.54, 1.807) is 0 Å². The van der Waals surface area contributed by atoms with Gasteiger partial charge in [-0.25, -0.2) is 0 Å². The normalized spacial score (nSPS) is 60.7. The van der Waals surface area contributed by atoms with E-state index in [0.29, 0.717) is 53.4 Å². The molecule has 0 aromatic heterocycles. The molecule has 3 saturated carbocycles. The zero-order chi connectivity index (χ0) is 21.8. The van der Waals surface area contributed by atoms with E-state index < -0.39 is 6.10 Å². The molecular weight excluding hydrogens is 388 g/mol. The predicted octanol–water partition coefficient (Wildman–Crippen LogP) is 4.68. The number of aliphatic hydroxyl groups is 2. The second-order valence-electron chi connectivity index (χ2n) is 12.8. The lowest BCUT2D eigenvalue weighted by atomic mass is 9.46. The highest BCUT2D eigenvalue weighted by atomic mass is 16.7. The molecule has 12 atom stereocenters. The van der Waals surface area contributed by atoms with E-state index in [-0.39, 0.29) is 17.3 Å². The van der Waals surface area contributed by atoms with E-state index in [9.17, 15) is 10.2 Å². The summed E-state index contributed by atoms with van der Waals surface area (Å²) in [6.07, 6.45) is 10.2. The molecule has 0 amide bonds. The smallest absolute Gasteiger partial charge is 0.171 e. The number of aliphatic hydroxyl groups excluding tert-OH is 2. The summed E-state index contributed by atoms with van der Waals surface area (Å²) in [6.45, 7) is 10.4. The highest BCUT2D eigenvalue weighted by molar-refractivity contribution is 5.28. The summed E-state index contributed by atoms with van der Waals surface area (Å²) in [5.74, 6) is 3.17. The topological polar surface area (TPSA) is 58.9 Å². The van der Waals surface area contributed by atoms with Crippen LogP contribution in [-0.4, -0.2) is 40.9 Å². The molecule has 2 heterocycles. The van der Waals surface area contributed by atoms with Crippen LogP contribution in [0.3, 0.4) is 0 Å².